The minimum Gasteiger partial charge on any atom is -0.0622 e. The van der Waals surface area contributed by atoms with E-state index in [1.165, 1.54) is 98.4 Å². The van der Waals surface area contributed by atoms with Gasteiger partial charge in [-0.25, -0.2) is 0 Å². The van der Waals surface area contributed by atoms with Gasteiger partial charge in [-0.2, -0.15) is 0 Å². The Bertz CT molecular complexity index is 2870. The molecular weight excluding hydrogens is 601 g/mol. The van der Waals surface area contributed by atoms with Crippen LogP contribution in [0.2, 0.25) is 0 Å². The average Bonchev–Trinajstić information content (AvgIpc) is 3.20. The van der Waals surface area contributed by atoms with E-state index in [-0.39, 0.29) is 0 Å². The Kier molecular flexibility index (Phi) is 6.60. The molecule has 0 unspecified atom stereocenters. The Labute approximate surface area is 291 Å². The summed E-state index contributed by atoms with van der Waals surface area (Å²) < 4.78 is 0. The van der Waals surface area contributed by atoms with E-state index in [0.29, 0.717) is 0 Å². The van der Waals surface area contributed by atoms with Crippen LogP contribution in [0, 0.1) is 0 Å². The van der Waals surface area contributed by atoms with E-state index in [0.717, 1.165) is 0 Å². The monoisotopic (exact) mass is 632 g/mol. The molecular formula is C50H32. The summed E-state index contributed by atoms with van der Waals surface area (Å²) in [6.45, 7) is 0. The summed E-state index contributed by atoms with van der Waals surface area (Å²) in [5.41, 5.74) is 9.92. The molecule has 50 heavy (non-hydrogen) atoms. The maximum atomic E-state index is 2.41. The Hall–Kier alpha value is -6.50. The third kappa shape index (κ3) is 4.69. The fourth-order valence-corrected chi connectivity index (χ4v) is 7.96. The van der Waals surface area contributed by atoms with Gasteiger partial charge >= 0.3 is 0 Å². The Balaban J connectivity index is 1.12. The Morgan fingerprint density at radius 3 is 1.30 bits per heavy atom. The van der Waals surface area contributed by atoms with Crippen LogP contribution in [0.5, 0.6) is 0 Å². The fourth-order valence-electron chi connectivity index (χ4n) is 7.96. The summed E-state index contributed by atoms with van der Waals surface area (Å²) >= 11 is 0. The fraction of sp³-hybridized carbons (Fsp3) is 0. The maximum absolute atomic E-state index is 2.41. The number of hydrogen-bond acceptors (Lipinski definition) is 0. The summed E-state index contributed by atoms with van der Waals surface area (Å²) in [4.78, 5) is 0. The molecule has 0 heteroatoms. The second kappa shape index (κ2) is 11.6. The van der Waals surface area contributed by atoms with Crippen molar-refractivity contribution in [2.45, 2.75) is 0 Å². The van der Waals surface area contributed by atoms with Gasteiger partial charge in [-0.15, -0.1) is 0 Å². The molecule has 0 radical (unpaired) electrons. The molecule has 0 saturated carbocycles. The molecule has 0 fully saturated rings. The first-order valence-electron chi connectivity index (χ1n) is 17.3. The van der Waals surface area contributed by atoms with Crippen molar-refractivity contribution in [3.05, 3.63) is 194 Å². The van der Waals surface area contributed by atoms with Gasteiger partial charge in [0.1, 0.15) is 0 Å². The predicted octanol–water partition coefficient (Wildman–Crippen LogP) is 14.1. The van der Waals surface area contributed by atoms with Gasteiger partial charge < -0.3 is 0 Å². The van der Waals surface area contributed by atoms with E-state index in [1.54, 1.807) is 0 Å². The first-order chi connectivity index (χ1) is 24.8. The summed E-state index contributed by atoms with van der Waals surface area (Å²) in [5.74, 6) is 0. The summed E-state index contributed by atoms with van der Waals surface area (Å²) in [5, 5.41) is 12.7. The molecule has 0 aromatic heterocycles. The summed E-state index contributed by atoms with van der Waals surface area (Å²) in [6, 6.07) is 71.3. The molecule has 10 aromatic carbocycles. The molecule has 0 aliphatic carbocycles. The minimum absolute atomic E-state index is 1.22. The van der Waals surface area contributed by atoms with E-state index >= 15 is 0 Å². The second-order valence-corrected chi connectivity index (χ2v) is 13.3. The lowest BCUT2D eigenvalue weighted by molar-refractivity contribution is 1.62. The lowest BCUT2D eigenvalue weighted by atomic mass is 9.88. The zero-order chi connectivity index (χ0) is 33.0. The molecule has 0 aliphatic heterocycles. The van der Waals surface area contributed by atoms with Crippen LogP contribution in [0.4, 0.5) is 0 Å². The van der Waals surface area contributed by atoms with Gasteiger partial charge in [0.25, 0.3) is 0 Å². The molecule has 0 nitrogen and oxygen atoms in total. The molecule has 0 aliphatic rings. The third-order valence-corrected chi connectivity index (χ3v) is 10.4. The maximum Gasteiger partial charge on any atom is -0.00928 e. The van der Waals surface area contributed by atoms with Crippen LogP contribution >= 0.6 is 0 Å². The first-order valence-corrected chi connectivity index (χ1v) is 17.3. The van der Waals surface area contributed by atoms with Crippen LogP contribution in [0.15, 0.2) is 194 Å². The van der Waals surface area contributed by atoms with Gasteiger partial charge in [0.15, 0.2) is 0 Å². The van der Waals surface area contributed by atoms with Crippen molar-refractivity contribution in [1.29, 1.82) is 0 Å². The smallest absolute Gasteiger partial charge is 0.00928 e. The molecule has 0 amide bonds. The molecule has 0 saturated heterocycles. The number of fused-ring (bicyclic) bond motifs is 8. The Morgan fingerprint density at radius 1 is 0.180 bits per heavy atom. The van der Waals surface area contributed by atoms with Gasteiger partial charge in [-0.3, -0.25) is 0 Å². The zero-order valence-corrected chi connectivity index (χ0v) is 27.5. The molecule has 0 bridgehead atoms. The second-order valence-electron chi connectivity index (χ2n) is 13.3. The van der Waals surface area contributed by atoms with Crippen molar-refractivity contribution in [3.63, 3.8) is 0 Å². The van der Waals surface area contributed by atoms with Crippen molar-refractivity contribution in [3.8, 4) is 44.5 Å². The molecule has 232 valence electrons. The van der Waals surface area contributed by atoms with E-state index in [2.05, 4.69) is 194 Å². The van der Waals surface area contributed by atoms with Crippen LogP contribution < -0.4 is 0 Å². The molecule has 10 aromatic rings. The number of rotatable bonds is 4. The van der Waals surface area contributed by atoms with Crippen molar-refractivity contribution in [1.82, 2.24) is 0 Å². The van der Waals surface area contributed by atoms with Crippen LogP contribution in [0.25, 0.3) is 98.4 Å². The minimum atomic E-state index is 1.22. The van der Waals surface area contributed by atoms with E-state index < -0.39 is 0 Å². The number of benzene rings is 10. The normalized spacial score (nSPS) is 11.6. The highest BCUT2D eigenvalue weighted by molar-refractivity contribution is 6.26. The van der Waals surface area contributed by atoms with Crippen LogP contribution in [0.1, 0.15) is 0 Å². The predicted molar refractivity (Wildman–Crippen MR) is 216 cm³/mol. The number of hydrogen-bond donors (Lipinski definition) is 0. The average molecular weight is 633 g/mol. The molecule has 0 heterocycles. The summed E-state index contributed by atoms with van der Waals surface area (Å²) in [7, 11) is 0. The van der Waals surface area contributed by atoms with Gasteiger partial charge in [-0.05, 0) is 123 Å². The van der Waals surface area contributed by atoms with Crippen molar-refractivity contribution < 1.29 is 0 Å². The summed E-state index contributed by atoms with van der Waals surface area (Å²) in [6.07, 6.45) is 0. The molecule has 0 atom stereocenters. The zero-order valence-electron chi connectivity index (χ0n) is 27.5. The lowest BCUT2D eigenvalue weighted by Crippen LogP contribution is -1.89. The lowest BCUT2D eigenvalue weighted by Gasteiger charge is -2.16. The highest BCUT2D eigenvalue weighted by atomic mass is 14.2. The third-order valence-electron chi connectivity index (χ3n) is 10.4. The van der Waals surface area contributed by atoms with Crippen molar-refractivity contribution >= 4 is 53.9 Å². The molecule has 10 rings (SSSR count). The van der Waals surface area contributed by atoms with Gasteiger partial charge in [0, 0.05) is 0 Å². The standard InChI is InChI=1S/C50H32/c1-2-11-35(12-3-1)47-29-37-14-4-5-15-38(37)30-48(47)40-26-28-46-45-27-25-39(31-49(45)43-18-8-9-19-44(43)50(46)32-40)33-21-23-36(24-22-33)42-20-10-16-34-13-6-7-17-41(34)42/h1-32H. The van der Waals surface area contributed by atoms with E-state index in [1.807, 2.05) is 0 Å². The van der Waals surface area contributed by atoms with Crippen LogP contribution in [-0.4, -0.2) is 0 Å². The van der Waals surface area contributed by atoms with Crippen molar-refractivity contribution in [2.24, 2.45) is 0 Å². The molecule has 0 spiro atoms. The topological polar surface area (TPSA) is 0 Å². The van der Waals surface area contributed by atoms with Gasteiger partial charge in [0.2, 0.25) is 0 Å². The highest BCUT2D eigenvalue weighted by Gasteiger charge is 2.14. The highest BCUT2D eigenvalue weighted by Crippen LogP contribution is 2.42. The Morgan fingerprint density at radius 2 is 0.620 bits per heavy atom. The van der Waals surface area contributed by atoms with Gasteiger partial charge in [0.05, 0.1) is 0 Å². The van der Waals surface area contributed by atoms with Crippen LogP contribution in [0.3, 0.4) is 0 Å². The van der Waals surface area contributed by atoms with Gasteiger partial charge in [-0.1, -0.05) is 170 Å². The largest absolute Gasteiger partial charge is 0.0622 e. The van der Waals surface area contributed by atoms with Crippen LogP contribution in [-0.2, 0) is 0 Å². The van der Waals surface area contributed by atoms with E-state index in [9.17, 15) is 0 Å². The van der Waals surface area contributed by atoms with E-state index in [4.69, 9.17) is 0 Å². The molecule has 0 N–H and O–H groups in total. The van der Waals surface area contributed by atoms with Crippen molar-refractivity contribution in [2.75, 3.05) is 0 Å². The first kappa shape index (κ1) is 28.5. The quantitative estimate of drug-likeness (QED) is 0.169. The SMILES string of the molecule is c1ccc(-c2cc3ccccc3cc2-c2ccc3c4ccc(-c5ccc(-c6cccc7ccccc67)cc5)cc4c4ccccc4c3c2)cc1.